The number of carboxylic acid groups (broad SMARTS) is 1. The molecule has 2 heterocycles. The van der Waals surface area contributed by atoms with Gasteiger partial charge in [-0.25, -0.2) is 37.8 Å². The molecule has 6 nitrogen and oxygen atoms in total. The van der Waals surface area contributed by atoms with Crippen molar-refractivity contribution >= 4 is 12.0 Å². The second-order valence-corrected chi connectivity index (χ2v) is 3.95. The lowest BCUT2D eigenvalue weighted by atomic mass is 10.2. The summed E-state index contributed by atoms with van der Waals surface area (Å²) < 4.78 is 38.4. The third kappa shape index (κ3) is 3.07. The van der Waals surface area contributed by atoms with E-state index in [1.54, 1.807) is 0 Å². The average Bonchev–Trinajstić information content (AvgIpc) is 2.46. The molecule has 0 atom stereocenters. The van der Waals surface area contributed by atoms with Gasteiger partial charge in [0, 0.05) is 13.2 Å². The van der Waals surface area contributed by atoms with Gasteiger partial charge >= 0.3 is 6.09 Å². The molecule has 2 aromatic rings. The van der Waals surface area contributed by atoms with Crippen LogP contribution in [-0.4, -0.2) is 33.2 Å². The number of carbonyl (C=O) groups is 1. The van der Waals surface area contributed by atoms with Crippen LogP contribution in [0.25, 0.3) is 11.4 Å². The minimum absolute atomic E-state index is 0.00543. The highest BCUT2D eigenvalue weighted by molar-refractivity contribution is 5.83. The van der Waals surface area contributed by atoms with E-state index in [-0.39, 0.29) is 17.3 Å². The predicted octanol–water partition coefficient (Wildman–Crippen LogP) is 2.73. The molecule has 21 heavy (non-hydrogen) atoms. The number of hydrogen-bond acceptors (Lipinski definition) is 4. The zero-order valence-corrected chi connectivity index (χ0v) is 10.7. The van der Waals surface area contributed by atoms with E-state index in [1.807, 2.05) is 0 Å². The van der Waals surface area contributed by atoms with Gasteiger partial charge in [-0.3, -0.25) is 0 Å². The van der Waals surface area contributed by atoms with Crippen molar-refractivity contribution in [1.82, 2.24) is 15.0 Å². The van der Waals surface area contributed by atoms with E-state index in [4.69, 9.17) is 5.11 Å². The summed E-state index contributed by atoms with van der Waals surface area (Å²) >= 11 is 0. The molecule has 0 aliphatic heterocycles. The summed E-state index contributed by atoms with van der Waals surface area (Å²) in [6, 6.07) is 3.38. The van der Waals surface area contributed by atoms with Gasteiger partial charge in [0.15, 0.2) is 5.82 Å². The molecule has 110 valence electrons. The van der Waals surface area contributed by atoms with Crippen LogP contribution in [0.15, 0.2) is 24.4 Å². The Hall–Kier alpha value is -2.71. The monoisotopic (exact) mass is 298 g/mol. The van der Waals surface area contributed by atoms with E-state index in [2.05, 4.69) is 15.0 Å². The fourth-order valence-electron chi connectivity index (χ4n) is 1.49. The Morgan fingerprint density at radius 2 is 1.90 bits per heavy atom. The van der Waals surface area contributed by atoms with Crippen LogP contribution in [0.2, 0.25) is 0 Å². The van der Waals surface area contributed by atoms with Gasteiger partial charge in [0.25, 0.3) is 6.43 Å². The van der Waals surface area contributed by atoms with Gasteiger partial charge < -0.3 is 5.11 Å². The molecular formula is C12H9F3N4O2. The van der Waals surface area contributed by atoms with Crippen LogP contribution in [0.4, 0.5) is 23.9 Å². The van der Waals surface area contributed by atoms with Crippen LogP contribution in [0.3, 0.4) is 0 Å². The number of pyridine rings is 1. The van der Waals surface area contributed by atoms with Crippen molar-refractivity contribution in [1.29, 1.82) is 0 Å². The first-order chi connectivity index (χ1) is 9.90. The Kier molecular flexibility index (Phi) is 4.01. The maximum absolute atomic E-state index is 13.2. The number of hydrogen-bond donors (Lipinski definition) is 1. The molecule has 0 aromatic carbocycles. The van der Waals surface area contributed by atoms with Gasteiger partial charge in [0.2, 0.25) is 5.95 Å². The van der Waals surface area contributed by atoms with Crippen molar-refractivity contribution in [3.05, 3.63) is 35.9 Å². The highest BCUT2D eigenvalue weighted by Crippen LogP contribution is 2.24. The van der Waals surface area contributed by atoms with E-state index >= 15 is 0 Å². The number of anilines is 1. The van der Waals surface area contributed by atoms with Crippen molar-refractivity contribution in [3.8, 4) is 11.4 Å². The van der Waals surface area contributed by atoms with Crippen molar-refractivity contribution in [2.24, 2.45) is 0 Å². The number of amides is 1. The van der Waals surface area contributed by atoms with E-state index < -0.39 is 24.0 Å². The van der Waals surface area contributed by atoms with Gasteiger partial charge in [0.05, 0.1) is 11.4 Å². The van der Waals surface area contributed by atoms with Gasteiger partial charge in [-0.15, -0.1) is 0 Å². The smallest absolute Gasteiger partial charge is 0.413 e. The van der Waals surface area contributed by atoms with E-state index in [0.717, 1.165) is 11.0 Å². The molecule has 0 fully saturated rings. The van der Waals surface area contributed by atoms with Crippen LogP contribution >= 0.6 is 0 Å². The minimum Gasteiger partial charge on any atom is -0.465 e. The SMILES string of the molecule is CN(C(=O)O)c1nccc(-c2ccc(F)c(C(F)F)n2)n1. The molecule has 0 aliphatic carbocycles. The second kappa shape index (κ2) is 5.73. The summed E-state index contributed by atoms with van der Waals surface area (Å²) in [6.07, 6.45) is -3.09. The molecule has 0 unspecified atom stereocenters. The lowest BCUT2D eigenvalue weighted by molar-refractivity contribution is 0.140. The van der Waals surface area contributed by atoms with E-state index in [0.29, 0.717) is 0 Å². The summed E-state index contributed by atoms with van der Waals surface area (Å²) in [7, 11) is 1.23. The first kappa shape index (κ1) is 14.7. The summed E-state index contributed by atoms with van der Waals surface area (Å²) in [5, 5.41) is 8.83. The molecule has 9 heteroatoms. The zero-order chi connectivity index (χ0) is 15.6. The van der Waals surface area contributed by atoms with Crippen molar-refractivity contribution in [2.45, 2.75) is 6.43 Å². The van der Waals surface area contributed by atoms with Gasteiger partial charge in [-0.1, -0.05) is 0 Å². The van der Waals surface area contributed by atoms with Crippen LogP contribution in [-0.2, 0) is 0 Å². The van der Waals surface area contributed by atoms with Crippen LogP contribution < -0.4 is 4.90 Å². The number of nitrogens with zero attached hydrogens (tertiary/aromatic N) is 4. The van der Waals surface area contributed by atoms with E-state index in [1.165, 1.54) is 25.4 Å². The molecule has 0 radical (unpaired) electrons. The molecular weight excluding hydrogens is 289 g/mol. The maximum atomic E-state index is 13.2. The standard InChI is InChI=1S/C12H9F3N4O2/c1-19(12(20)21)11-16-5-4-8(18-11)7-3-2-6(13)9(17-7)10(14)15/h2-5,10H,1H3,(H,20,21). The number of aromatic nitrogens is 3. The average molecular weight is 298 g/mol. The second-order valence-electron chi connectivity index (χ2n) is 3.95. The molecule has 0 bridgehead atoms. The topological polar surface area (TPSA) is 79.2 Å². The van der Waals surface area contributed by atoms with Gasteiger partial charge in [-0.2, -0.15) is 0 Å². The third-order valence-electron chi connectivity index (χ3n) is 2.57. The fourth-order valence-corrected chi connectivity index (χ4v) is 1.49. The molecule has 2 rings (SSSR count). The molecule has 0 saturated carbocycles. The maximum Gasteiger partial charge on any atom is 0.413 e. The van der Waals surface area contributed by atoms with Crippen molar-refractivity contribution in [3.63, 3.8) is 0 Å². The number of alkyl halides is 2. The first-order valence-electron chi connectivity index (χ1n) is 5.65. The lowest BCUT2D eigenvalue weighted by Crippen LogP contribution is -2.25. The summed E-state index contributed by atoms with van der Waals surface area (Å²) in [6.45, 7) is 0. The van der Waals surface area contributed by atoms with Gasteiger partial charge in [-0.05, 0) is 18.2 Å². The first-order valence-corrected chi connectivity index (χ1v) is 5.65. The summed E-state index contributed by atoms with van der Waals surface area (Å²) in [5.41, 5.74) is -0.886. The normalized spacial score (nSPS) is 10.7. The Bertz CT molecular complexity index is 681. The van der Waals surface area contributed by atoms with Gasteiger partial charge in [0.1, 0.15) is 5.69 Å². The van der Waals surface area contributed by atoms with Crippen molar-refractivity contribution in [2.75, 3.05) is 11.9 Å². The fraction of sp³-hybridized carbons (Fsp3) is 0.167. The van der Waals surface area contributed by atoms with Crippen LogP contribution in [0.1, 0.15) is 12.1 Å². The Morgan fingerprint density at radius 1 is 1.24 bits per heavy atom. The van der Waals surface area contributed by atoms with Crippen molar-refractivity contribution < 1.29 is 23.1 Å². The Labute approximate surface area is 116 Å². The highest BCUT2D eigenvalue weighted by atomic mass is 19.3. The largest absolute Gasteiger partial charge is 0.465 e. The predicted molar refractivity (Wildman–Crippen MR) is 66.6 cm³/mol. The lowest BCUT2D eigenvalue weighted by Gasteiger charge is -2.11. The molecule has 0 spiro atoms. The highest BCUT2D eigenvalue weighted by Gasteiger charge is 2.18. The summed E-state index contributed by atoms with van der Waals surface area (Å²) in [4.78, 5) is 22.7. The Balaban J connectivity index is 2.45. The van der Waals surface area contributed by atoms with Crippen LogP contribution in [0.5, 0.6) is 0 Å². The third-order valence-corrected chi connectivity index (χ3v) is 2.57. The number of halogens is 3. The van der Waals surface area contributed by atoms with Crippen LogP contribution in [0, 0.1) is 5.82 Å². The summed E-state index contributed by atoms with van der Waals surface area (Å²) in [5.74, 6) is -1.27. The molecule has 0 aliphatic rings. The quantitative estimate of drug-likeness (QED) is 0.942. The minimum atomic E-state index is -3.06. The molecule has 1 amide bonds. The molecule has 0 saturated heterocycles. The zero-order valence-electron chi connectivity index (χ0n) is 10.7. The number of rotatable bonds is 3. The Morgan fingerprint density at radius 3 is 2.52 bits per heavy atom. The molecule has 1 N–H and O–H groups in total. The van der Waals surface area contributed by atoms with E-state index in [9.17, 15) is 18.0 Å². The molecule has 2 aromatic heterocycles.